The summed E-state index contributed by atoms with van der Waals surface area (Å²) in [4.78, 5) is 22.0. The van der Waals surface area contributed by atoms with Crippen molar-refractivity contribution >= 4 is 11.9 Å². The zero-order valence-corrected chi connectivity index (χ0v) is 10.5. The number of hydrogen-bond acceptors (Lipinski definition) is 6. The van der Waals surface area contributed by atoms with E-state index in [0.29, 0.717) is 0 Å². The molecule has 0 aliphatic carbocycles. The number of rotatable bonds is 5. The van der Waals surface area contributed by atoms with E-state index >= 15 is 0 Å². The highest BCUT2D eigenvalue weighted by atomic mass is 16.5. The molecule has 0 saturated carbocycles. The second-order valence-electron chi connectivity index (χ2n) is 4.60. The lowest BCUT2D eigenvalue weighted by molar-refractivity contribution is -0.175. The number of hydrogen-bond donors (Lipinski definition) is 5. The largest absolute Gasteiger partial charge is 0.479 e. The molecule has 1 saturated heterocycles. The average molecular weight is 277 g/mol. The Hall–Kier alpha value is -1.22. The van der Waals surface area contributed by atoms with Crippen LogP contribution in [0.15, 0.2) is 0 Å². The van der Waals surface area contributed by atoms with Crippen molar-refractivity contribution in [2.45, 2.75) is 50.2 Å². The number of carboxylic acids is 1. The first kappa shape index (κ1) is 15.8. The molecular weight excluding hydrogens is 258 g/mol. The minimum absolute atomic E-state index is 0.0811. The Labute approximate surface area is 110 Å². The minimum atomic E-state index is -1.22. The number of carbonyl (C=O) groups excluding carboxylic acids is 1. The normalized spacial score (nSPS) is 32.6. The van der Waals surface area contributed by atoms with Crippen LogP contribution in [0.3, 0.4) is 0 Å². The number of carbonyl (C=O) groups is 2. The topological polar surface area (TPSA) is 136 Å². The third-order valence-electron chi connectivity index (χ3n) is 2.97. The van der Waals surface area contributed by atoms with Crippen LogP contribution in [0.25, 0.3) is 0 Å². The van der Waals surface area contributed by atoms with Gasteiger partial charge in [-0.3, -0.25) is 4.79 Å². The van der Waals surface area contributed by atoms with Gasteiger partial charge in [-0.25, -0.2) is 4.79 Å². The maximum Gasteiger partial charge on any atom is 0.332 e. The van der Waals surface area contributed by atoms with Gasteiger partial charge in [0.1, 0.15) is 0 Å². The molecule has 0 spiro atoms. The van der Waals surface area contributed by atoms with Gasteiger partial charge in [-0.05, 0) is 0 Å². The fourth-order valence-electron chi connectivity index (χ4n) is 2.09. The van der Waals surface area contributed by atoms with Gasteiger partial charge in [0.15, 0.2) is 6.10 Å². The average Bonchev–Trinajstić information content (AvgIpc) is 2.32. The number of aliphatic hydroxyl groups is 3. The quantitative estimate of drug-likeness (QED) is 0.386. The maximum absolute atomic E-state index is 11.1. The van der Waals surface area contributed by atoms with Crippen LogP contribution in [0.1, 0.15) is 19.8 Å². The number of ether oxygens (including phenoxy) is 1. The number of nitrogens with one attached hydrogen (secondary N) is 1. The summed E-state index contributed by atoms with van der Waals surface area (Å²) >= 11 is 0. The van der Waals surface area contributed by atoms with Crippen LogP contribution in [0.4, 0.5) is 0 Å². The standard InChI is InChI=1S/C11H19NO7/c1-5(14)12-10-7(16)3-9(11(17)18)19-8(10)2-6(15)4-13/h6-10,13,15-16H,2-4H2,1H3,(H,12,14)(H,17,18)/t6-,7?,8?,9+,10+/m0/s1. The predicted molar refractivity (Wildman–Crippen MR) is 62.2 cm³/mol. The van der Waals surface area contributed by atoms with Gasteiger partial charge >= 0.3 is 5.97 Å². The molecule has 8 heteroatoms. The van der Waals surface area contributed by atoms with Gasteiger partial charge < -0.3 is 30.5 Å². The van der Waals surface area contributed by atoms with E-state index in [1.165, 1.54) is 6.92 Å². The fraction of sp³-hybridized carbons (Fsp3) is 0.818. The van der Waals surface area contributed by atoms with Gasteiger partial charge in [0, 0.05) is 19.8 Å². The van der Waals surface area contributed by atoms with Crippen LogP contribution >= 0.6 is 0 Å². The molecule has 5 atom stereocenters. The summed E-state index contributed by atoms with van der Waals surface area (Å²) in [7, 11) is 0. The maximum atomic E-state index is 11.1. The summed E-state index contributed by atoms with van der Waals surface area (Å²) in [5, 5.41) is 39.5. The Morgan fingerprint density at radius 3 is 2.58 bits per heavy atom. The van der Waals surface area contributed by atoms with Crippen molar-refractivity contribution in [3.63, 3.8) is 0 Å². The molecule has 2 unspecified atom stereocenters. The van der Waals surface area contributed by atoms with Crippen LogP contribution in [-0.4, -0.2) is 69.4 Å². The smallest absolute Gasteiger partial charge is 0.332 e. The van der Waals surface area contributed by atoms with Gasteiger partial charge in [0.05, 0.1) is 31.0 Å². The van der Waals surface area contributed by atoms with Crippen molar-refractivity contribution in [3.8, 4) is 0 Å². The molecule has 1 heterocycles. The van der Waals surface area contributed by atoms with Gasteiger partial charge in [-0.2, -0.15) is 0 Å². The monoisotopic (exact) mass is 277 g/mol. The molecule has 0 aromatic carbocycles. The highest BCUT2D eigenvalue weighted by molar-refractivity contribution is 5.74. The molecule has 8 nitrogen and oxygen atoms in total. The molecule has 1 amide bonds. The third-order valence-corrected chi connectivity index (χ3v) is 2.97. The van der Waals surface area contributed by atoms with Crippen molar-refractivity contribution in [3.05, 3.63) is 0 Å². The summed E-state index contributed by atoms with van der Waals surface area (Å²) in [6, 6.07) is -0.811. The zero-order chi connectivity index (χ0) is 14.6. The van der Waals surface area contributed by atoms with E-state index < -0.39 is 48.9 Å². The Bertz CT molecular complexity index is 335. The van der Waals surface area contributed by atoms with Gasteiger partial charge in [-0.1, -0.05) is 0 Å². The first-order chi connectivity index (χ1) is 8.85. The van der Waals surface area contributed by atoms with Crippen LogP contribution in [0, 0.1) is 0 Å². The molecule has 0 aromatic heterocycles. The van der Waals surface area contributed by atoms with Crippen LogP contribution < -0.4 is 5.32 Å². The highest BCUT2D eigenvalue weighted by Gasteiger charge is 2.41. The molecule has 110 valence electrons. The zero-order valence-electron chi connectivity index (χ0n) is 10.5. The molecule has 1 rings (SSSR count). The number of amides is 1. The molecule has 5 N–H and O–H groups in total. The first-order valence-corrected chi connectivity index (χ1v) is 5.97. The van der Waals surface area contributed by atoms with Crippen molar-refractivity contribution in [2.75, 3.05) is 6.61 Å². The van der Waals surface area contributed by atoms with Crippen LogP contribution in [0.2, 0.25) is 0 Å². The number of carboxylic acid groups (broad SMARTS) is 1. The molecule has 1 fully saturated rings. The molecule has 1 aliphatic rings. The fourth-order valence-corrected chi connectivity index (χ4v) is 2.09. The summed E-state index contributed by atoms with van der Waals surface area (Å²) in [6.07, 6.45) is -4.50. The lowest BCUT2D eigenvalue weighted by Crippen LogP contribution is -2.58. The Balaban J connectivity index is 2.80. The van der Waals surface area contributed by atoms with E-state index in [4.69, 9.17) is 14.9 Å². The van der Waals surface area contributed by atoms with Gasteiger partial charge in [-0.15, -0.1) is 0 Å². The van der Waals surface area contributed by atoms with Crippen LogP contribution in [-0.2, 0) is 14.3 Å². The van der Waals surface area contributed by atoms with E-state index in [9.17, 15) is 19.8 Å². The predicted octanol–water partition coefficient (Wildman–Crippen LogP) is -2.16. The molecule has 0 radical (unpaired) electrons. The Morgan fingerprint density at radius 1 is 1.47 bits per heavy atom. The first-order valence-electron chi connectivity index (χ1n) is 5.97. The van der Waals surface area contributed by atoms with E-state index in [-0.39, 0.29) is 12.8 Å². The van der Waals surface area contributed by atoms with E-state index in [2.05, 4.69) is 5.32 Å². The van der Waals surface area contributed by atoms with Gasteiger partial charge in [0.25, 0.3) is 0 Å². The van der Waals surface area contributed by atoms with Crippen molar-refractivity contribution in [1.29, 1.82) is 0 Å². The molecule has 0 bridgehead atoms. The molecule has 0 aromatic rings. The second kappa shape index (κ2) is 6.80. The highest BCUT2D eigenvalue weighted by Crippen LogP contribution is 2.24. The SMILES string of the molecule is CC(=O)N[C@@H]1C(O)C[C@H](C(=O)O)OC1C[C@H](O)CO. The Kier molecular flexibility index (Phi) is 5.67. The van der Waals surface area contributed by atoms with Gasteiger partial charge in [0.2, 0.25) is 5.91 Å². The summed E-state index contributed by atoms with van der Waals surface area (Å²) in [6.45, 7) is 0.746. The summed E-state index contributed by atoms with van der Waals surface area (Å²) < 4.78 is 5.26. The lowest BCUT2D eigenvalue weighted by Gasteiger charge is -2.39. The third kappa shape index (κ3) is 4.43. The number of aliphatic carboxylic acids is 1. The van der Waals surface area contributed by atoms with E-state index in [1.54, 1.807) is 0 Å². The van der Waals surface area contributed by atoms with Crippen molar-refractivity contribution < 1.29 is 34.8 Å². The molecule has 19 heavy (non-hydrogen) atoms. The lowest BCUT2D eigenvalue weighted by atomic mass is 9.92. The van der Waals surface area contributed by atoms with E-state index in [0.717, 1.165) is 0 Å². The van der Waals surface area contributed by atoms with E-state index in [1.807, 2.05) is 0 Å². The molecular formula is C11H19NO7. The summed E-state index contributed by atoms with van der Waals surface area (Å²) in [5.41, 5.74) is 0. The van der Waals surface area contributed by atoms with Crippen molar-refractivity contribution in [2.24, 2.45) is 0 Å². The number of aliphatic hydroxyl groups excluding tert-OH is 3. The minimum Gasteiger partial charge on any atom is -0.479 e. The second-order valence-corrected chi connectivity index (χ2v) is 4.60. The molecule has 1 aliphatic heterocycles. The Morgan fingerprint density at radius 2 is 2.11 bits per heavy atom. The van der Waals surface area contributed by atoms with Crippen LogP contribution in [0.5, 0.6) is 0 Å². The summed E-state index contributed by atoms with van der Waals surface area (Å²) in [5.74, 6) is -1.62. The van der Waals surface area contributed by atoms with Crippen molar-refractivity contribution in [1.82, 2.24) is 5.32 Å².